The third kappa shape index (κ3) is 3.84. The fourth-order valence-electron chi connectivity index (χ4n) is 2.69. The van der Waals surface area contributed by atoms with Crippen LogP contribution in [0.3, 0.4) is 0 Å². The van der Waals surface area contributed by atoms with Crippen LogP contribution in [0.5, 0.6) is 0 Å². The lowest BCUT2D eigenvalue weighted by atomic mass is 9.79. The Kier molecular flexibility index (Phi) is 4.99. The predicted octanol–water partition coefficient (Wildman–Crippen LogP) is 3.61. The largest absolute Gasteiger partial charge is 0.494 e. The third-order valence-electron chi connectivity index (χ3n) is 5.03. The van der Waals surface area contributed by atoms with E-state index in [0.29, 0.717) is 10.6 Å². The zero-order valence-corrected chi connectivity index (χ0v) is 16.9. The van der Waals surface area contributed by atoms with Crippen LogP contribution in [0.2, 0.25) is 5.02 Å². The summed E-state index contributed by atoms with van der Waals surface area (Å²) >= 11 is 5.82. The smallest absolute Gasteiger partial charge is 0.399 e. The zero-order chi connectivity index (χ0) is 19.2. The molecule has 1 heterocycles. The number of benzene rings is 2. The van der Waals surface area contributed by atoms with Crippen LogP contribution in [0.1, 0.15) is 33.3 Å². The molecule has 1 aliphatic heterocycles. The topological polar surface area (TPSA) is 52.6 Å². The number of halogens is 1. The van der Waals surface area contributed by atoms with Crippen molar-refractivity contribution < 1.29 is 17.7 Å². The summed E-state index contributed by atoms with van der Waals surface area (Å²) < 4.78 is 37.1. The Morgan fingerprint density at radius 1 is 0.885 bits per heavy atom. The molecule has 26 heavy (non-hydrogen) atoms. The summed E-state index contributed by atoms with van der Waals surface area (Å²) in [7, 11) is -3.88. The summed E-state index contributed by atoms with van der Waals surface area (Å²) in [6, 6.07) is 13.5. The molecule has 3 rings (SSSR count). The highest BCUT2D eigenvalue weighted by Gasteiger charge is 2.51. The van der Waals surface area contributed by atoms with Gasteiger partial charge in [-0.3, -0.25) is 0 Å². The Morgan fingerprint density at radius 2 is 1.38 bits per heavy atom. The second kappa shape index (κ2) is 6.68. The number of hydrogen-bond donors (Lipinski definition) is 0. The quantitative estimate of drug-likeness (QED) is 0.746. The third-order valence-corrected chi connectivity index (χ3v) is 6.99. The molecule has 0 aliphatic carbocycles. The van der Waals surface area contributed by atoms with Gasteiger partial charge in [0.1, 0.15) is 0 Å². The molecule has 0 aromatic heterocycles. The molecule has 2 aromatic rings. The van der Waals surface area contributed by atoms with Gasteiger partial charge in [-0.2, -0.15) is 0 Å². The van der Waals surface area contributed by atoms with Crippen LogP contribution in [0.25, 0.3) is 0 Å². The molecule has 1 saturated heterocycles. The number of hydrogen-bond acceptors (Lipinski definition) is 4. The van der Waals surface area contributed by atoms with E-state index in [4.69, 9.17) is 20.9 Å². The summed E-state index contributed by atoms with van der Waals surface area (Å²) in [6.07, 6.45) is 0. The van der Waals surface area contributed by atoms with Crippen molar-refractivity contribution in [2.45, 2.75) is 49.5 Å². The molecule has 0 N–H and O–H groups in total. The van der Waals surface area contributed by atoms with Crippen molar-refractivity contribution in [2.24, 2.45) is 0 Å². The SMILES string of the molecule is CC1(C)OB(c2ccc(CS(=O)(=O)c3ccc(Cl)cc3)cc2)OC1(C)C. The van der Waals surface area contributed by atoms with Gasteiger partial charge < -0.3 is 9.31 Å². The summed E-state index contributed by atoms with van der Waals surface area (Å²) in [5.41, 5.74) is 0.763. The van der Waals surface area contributed by atoms with Gasteiger partial charge in [0, 0.05) is 5.02 Å². The average Bonchev–Trinajstić information content (AvgIpc) is 2.76. The van der Waals surface area contributed by atoms with Crippen molar-refractivity contribution in [1.82, 2.24) is 0 Å². The maximum atomic E-state index is 12.5. The van der Waals surface area contributed by atoms with Crippen LogP contribution in [0.4, 0.5) is 0 Å². The Labute approximate surface area is 160 Å². The van der Waals surface area contributed by atoms with E-state index in [0.717, 1.165) is 5.46 Å². The molecular weight excluding hydrogens is 371 g/mol. The maximum Gasteiger partial charge on any atom is 0.494 e. The van der Waals surface area contributed by atoms with E-state index in [1.54, 1.807) is 24.3 Å². The molecule has 4 nitrogen and oxygen atoms in total. The van der Waals surface area contributed by atoms with Crippen molar-refractivity contribution >= 4 is 34.0 Å². The van der Waals surface area contributed by atoms with Crippen molar-refractivity contribution in [3.05, 3.63) is 59.1 Å². The van der Waals surface area contributed by atoms with E-state index in [9.17, 15) is 8.42 Å². The van der Waals surface area contributed by atoms with Crippen LogP contribution in [-0.2, 0) is 24.9 Å². The fraction of sp³-hybridized carbons (Fsp3) is 0.368. The van der Waals surface area contributed by atoms with Gasteiger partial charge in [-0.15, -0.1) is 0 Å². The second-order valence-corrected chi connectivity index (χ2v) is 9.97. The van der Waals surface area contributed by atoms with Crippen LogP contribution < -0.4 is 5.46 Å². The van der Waals surface area contributed by atoms with Crippen molar-refractivity contribution in [3.8, 4) is 0 Å². The van der Waals surface area contributed by atoms with Crippen LogP contribution >= 0.6 is 11.6 Å². The summed E-state index contributed by atoms with van der Waals surface area (Å²) in [4.78, 5) is 0.261. The predicted molar refractivity (Wildman–Crippen MR) is 104 cm³/mol. The molecule has 1 fully saturated rings. The molecule has 0 atom stereocenters. The van der Waals surface area contributed by atoms with E-state index < -0.39 is 28.2 Å². The standard InChI is InChI=1S/C19H22BClO4S/c1-18(2)19(3,4)25-20(24-18)15-7-5-14(6-8-15)13-26(22,23)17-11-9-16(21)10-12-17/h5-12H,13H2,1-4H3. The van der Waals surface area contributed by atoms with Gasteiger partial charge in [0.25, 0.3) is 0 Å². The van der Waals surface area contributed by atoms with E-state index >= 15 is 0 Å². The highest BCUT2D eigenvalue weighted by atomic mass is 35.5. The first-order chi connectivity index (χ1) is 12.0. The van der Waals surface area contributed by atoms with Gasteiger partial charge in [0.05, 0.1) is 21.9 Å². The lowest BCUT2D eigenvalue weighted by molar-refractivity contribution is 0.00578. The highest BCUT2D eigenvalue weighted by molar-refractivity contribution is 7.90. The molecule has 7 heteroatoms. The molecule has 0 unspecified atom stereocenters. The van der Waals surface area contributed by atoms with Crippen LogP contribution in [-0.4, -0.2) is 26.7 Å². The first kappa shape index (κ1) is 19.4. The van der Waals surface area contributed by atoms with E-state index in [2.05, 4.69) is 0 Å². The maximum absolute atomic E-state index is 12.5. The monoisotopic (exact) mass is 392 g/mol. The van der Waals surface area contributed by atoms with Crippen LogP contribution in [0, 0.1) is 0 Å². The molecule has 0 amide bonds. The molecule has 0 saturated carbocycles. The lowest BCUT2D eigenvalue weighted by Crippen LogP contribution is -2.41. The Morgan fingerprint density at radius 3 is 1.88 bits per heavy atom. The molecular formula is C19H22BClO4S. The van der Waals surface area contributed by atoms with Gasteiger partial charge in [-0.25, -0.2) is 8.42 Å². The van der Waals surface area contributed by atoms with Crippen molar-refractivity contribution in [1.29, 1.82) is 0 Å². The molecule has 0 radical (unpaired) electrons. The summed E-state index contributed by atoms with van der Waals surface area (Å²) in [5, 5.41) is 0.510. The molecule has 2 aromatic carbocycles. The Balaban J connectivity index is 1.75. The number of sulfone groups is 1. The second-order valence-electron chi connectivity index (χ2n) is 7.54. The minimum absolute atomic E-state index is 0.0712. The molecule has 138 valence electrons. The van der Waals surface area contributed by atoms with Gasteiger partial charge >= 0.3 is 7.12 Å². The summed E-state index contributed by atoms with van der Waals surface area (Å²) in [5.74, 6) is -0.0712. The minimum Gasteiger partial charge on any atom is -0.399 e. The molecule has 0 bridgehead atoms. The normalized spacial score (nSPS) is 18.9. The van der Waals surface area contributed by atoms with Gasteiger partial charge in [-0.05, 0) is 63.0 Å². The first-order valence-electron chi connectivity index (χ1n) is 8.43. The van der Waals surface area contributed by atoms with Gasteiger partial charge in [0.15, 0.2) is 9.84 Å². The minimum atomic E-state index is -3.42. The highest BCUT2D eigenvalue weighted by Crippen LogP contribution is 2.36. The van der Waals surface area contributed by atoms with Gasteiger partial charge in [-0.1, -0.05) is 35.9 Å². The first-order valence-corrected chi connectivity index (χ1v) is 10.5. The number of rotatable bonds is 4. The molecule has 1 aliphatic rings. The van der Waals surface area contributed by atoms with E-state index in [-0.39, 0.29) is 10.6 Å². The summed E-state index contributed by atoms with van der Waals surface area (Å²) in [6.45, 7) is 8.00. The Bertz CT molecular complexity index is 874. The average molecular weight is 393 g/mol. The fourth-order valence-corrected chi connectivity index (χ4v) is 4.17. The Hall–Kier alpha value is -1.34. The lowest BCUT2D eigenvalue weighted by Gasteiger charge is -2.32. The van der Waals surface area contributed by atoms with Crippen molar-refractivity contribution in [3.63, 3.8) is 0 Å². The van der Waals surface area contributed by atoms with Crippen molar-refractivity contribution in [2.75, 3.05) is 0 Å². The van der Waals surface area contributed by atoms with Crippen LogP contribution in [0.15, 0.2) is 53.4 Å². The molecule has 0 spiro atoms. The van der Waals surface area contributed by atoms with E-state index in [1.807, 2.05) is 39.8 Å². The van der Waals surface area contributed by atoms with Gasteiger partial charge in [0.2, 0.25) is 0 Å². The zero-order valence-electron chi connectivity index (χ0n) is 15.3. The van der Waals surface area contributed by atoms with E-state index in [1.165, 1.54) is 12.1 Å².